The average Bonchev–Trinajstić information content (AvgIpc) is 2.80. The lowest BCUT2D eigenvalue weighted by Crippen LogP contribution is -2.25. The highest BCUT2D eigenvalue weighted by atomic mass is 32.2. The summed E-state index contributed by atoms with van der Waals surface area (Å²) in [5.74, 6) is 0.836. The Morgan fingerprint density at radius 3 is 2.81 bits per heavy atom. The van der Waals surface area contributed by atoms with Crippen molar-refractivity contribution < 1.29 is 0 Å². The van der Waals surface area contributed by atoms with Crippen LogP contribution in [0, 0.1) is 6.92 Å². The van der Waals surface area contributed by atoms with Gasteiger partial charge in [-0.15, -0.1) is 5.10 Å². The molecule has 0 saturated carbocycles. The fraction of sp³-hybridized carbons (Fsp3) is 0.467. The van der Waals surface area contributed by atoms with Gasteiger partial charge in [-0.1, -0.05) is 43.0 Å². The molecule has 0 radical (unpaired) electrons. The number of hydrogen-bond donors (Lipinski definition) is 2. The van der Waals surface area contributed by atoms with Crippen LogP contribution in [0.4, 0.5) is 0 Å². The van der Waals surface area contributed by atoms with Crippen LogP contribution in [0.5, 0.6) is 0 Å². The smallest absolute Gasteiger partial charge is 0.309 e. The molecule has 0 aliphatic rings. The molecule has 114 valence electrons. The lowest BCUT2D eigenvalue weighted by atomic mass is 10.0. The summed E-state index contributed by atoms with van der Waals surface area (Å²) in [6, 6.07) is 8.67. The highest BCUT2D eigenvalue weighted by Crippen LogP contribution is 2.24. The van der Waals surface area contributed by atoms with Crippen LogP contribution in [0.2, 0.25) is 0 Å². The van der Waals surface area contributed by atoms with Crippen molar-refractivity contribution in [3.05, 3.63) is 45.9 Å². The zero-order valence-electron chi connectivity index (χ0n) is 12.7. The van der Waals surface area contributed by atoms with E-state index in [4.69, 9.17) is 0 Å². The van der Waals surface area contributed by atoms with Crippen LogP contribution in [-0.2, 0) is 7.05 Å². The van der Waals surface area contributed by atoms with Gasteiger partial charge in [-0.25, -0.2) is 9.89 Å². The second kappa shape index (κ2) is 7.47. The zero-order valence-corrected chi connectivity index (χ0v) is 13.5. The highest BCUT2D eigenvalue weighted by Gasteiger charge is 2.15. The van der Waals surface area contributed by atoms with Crippen LogP contribution < -0.4 is 11.0 Å². The van der Waals surface area contributed by atoms with Crippen LogP contribution in [0.15, 0.2) is 34.2 Å². The molecular formula is C15H22N4OS. The molecule has 2 rings (SSSR count). The monoisotopic (exact) mass is 306 g/mol. The van der Waals surface area contributed by atoms with Gasteiger partial charge in [-0.05, 0) is 31.0 Å². The number of rotatable bonds is 7. The minimum absolute atomic E-state index is 0.175. The van der Waals surface area contributed by atoms with Gasteiger partial charge in [-0.2, -0.15) is 0 Å². The molecule has 21 heavy (non-hydrogen) atoms. The summed E-state index contributed by atoms with van der Waals surface area (Å²) < 4.78 is 1.54. The van der Waals surface area contributed by atoms with E-state index in [1.54, 1.807) is 23.4 Å². The molecule has 0 spiro atoms. The Kier molecular flexibility index (Phi) is 5.64. The van der Waals surface area contributed by atoms with Crippen LogP contribution in [-0.4, -0.2) is 27.1 Å². The van der Waals surface area contributed by atoms with Crippen molar-refractivity contribution in [2.24, 2.45) is 7.05 Å². The first-order chi connectivity index (χ1) is 10.1. The lowest BCUT2D eigenvalue weighted by Gasteiger charge is -2.20. The quantitative estimate of drug-likeness (QED) is 0.770. The van der Waals surface area contributed by atoms with E-state index in [-0.39, 0.29) is 11.7 Å². The maximum Gasteiger partial charge on any atom is 0.343 e. The minimum atomic E-state index is -0.175. The number of thioether (sulfide) groups is 1. The third kappa shape index (κ3) is 3.98. The average molecular weight is 306 g/mol. The Morgan fingerprint density at radius 2 is 2.19 bits per heavy atom. The Hall–Kier alpha value is -1.53. The summed E-state index contributed by atoms with van der Waals surface area (Å²) >= 11 is 1.59. The van der Waals surface area contributed by atoms with Gasteiger partial charge in [0, 0.05) is 18.8 Å². The van der Waals surface area contributed by atoms with Gasteiger partial charge in [0.05, 0.1) is 0 Å². The Labute approximate surface area is 129 Å². The number of aromatic amines is 1. The van der Waals surface area contributed by atoms with Crippen molar-refractivity contribution in [1.29, 1.82) is 0 Å². The van der Waals surface area contributed by atoms with Gasteiger partial charge in [0.25, 0.3) is 0 Å². The van der Waals surface area contributed by atoms with Crippen molar-refractivity contribution in [3.8, 4) is 0 Å². The molecule has 1 aromatic heterocycles. The number of nitrogens with one attached hydrogen (secondary N) is 2. The molecular weight excluding hydrogens is 284 g/mol. The van der Waals surface area contributed by atoms with Crippen LogP contribution in [0.1, 0.15) is 30.5 Å². The van der Waals surface area contributed by atoms with Crippen molar-refractivity contribution in [3.63, 3.8) is 0 Å². The van der Waals surface area contributed by atoms with Crippen LogP contribution >= 0.6 is 11.8 Å². The summed E-state index contributed by atoms with van der Waals surface area (Å²) in [6.45, 7) is 5.26. The number of aryl methyl sites for hydroxylation is 1. The zero-order chi connectivity index (χ0) is 15.2. The summed E-state index contributed by atoms with van der Waals surface area (Å²) in [7, 11) is 1.73. The van der Waals surface area contributed by atoms with E-state index in [2.05, 4.69) is 53.6 Å². The van der Waals surface area contributed by atoms with Crippen LogP contribution in [0.25, 0.3) is 0 Å². The summed E-state index contributed by atoms with van der Waals surface area (Å²) in [6.07, 6.45) is 1.09. The number of hydrogen-bond acceptors (Lipinski definition) is 4. The van der Waals surface area contributed by atoms with E-state index < -0.39 is 0 Å². The normalized spacial score (nSPS) is 12.5. The molecule has 0 amide bonds. The third-order valence-electron chi connectivity index (χ3n) is 3.42. The SMILES string of the molecule is CCCNC(CSc1n[nH]c(=O)n1C)c1ccccc1C. The molecule has 0 fully saturated rings. The topological polar surface area (TPSA) is 62.7 Å². The fourth-order valence-electron chi connectivity index (χ4n) is 2.17. The molecule has 0 bridgehead atoms. The first-order valence-corrected chi connectivity index (χ1v) is 8.15. The first-order valence-electron chi connectivity index (χ1n) is 7.16. The molecule has 1 heterocycles. The summed E-state index contributed by atoms with van der Waals surface area (Å²) in [5, 5.41) is 10.8. The predicted octanol–water partition coefficient (Wildman–Crippen LogP) is 2.25. The number of benzene rings is 1. The Bertz CT molecular complexity index is 635. The number of nitrogens with zero attached hydrogens (tertiary/aromatic N) is 2. The van der Waals surface area contributed by atoms with Gasteiger partial charge in [-0.3, -0.25) is 4.57 Å². The van der Waals surface area contributed by atoms with Crippen molar-refractivity contribution in [2.75, 3.05) is 12.3 Å². The summed E-state index contributed by atoms with van der Waals surface area (Å²) in [4.78, 5) is 11.4. The Morgan fingerprint density at radius 1 is 1.43 bits per heavy atom. The van der Waals surface area contributed by atoms with E-state index in [0.29, 0.717) is 0 Å². The van der Waals surface area contributed by atoms with Gasteiger partial charge in [0.1, 0.15) is 0 Å². The van der Waals surface area contributed by atoms with Gasteiger partial charge >= 0.3 is 5.69 Å². The molecule has 0 saturated heterocycles. The first kappa shape index (κ1) is 15.9. The van der Waals surface area contributed by atoms with Crippen molar-refractivity contribution >= 4 is 11.8 Å². The van der Waals surface area contributed by atoms with Crippen LogP contribution in [0.3, 0.4) is 0 Å². The lowest BCUT2D eigenvalue weighted by molar-refractivity contribution is 0.574. The molecule has 6 heteroatoms. The second-order valence-corrected chi connectivity index (χ2v) is 6.03. The Balaban J connectivity index is 2.12. The molecule has 5 nitrogen and oxygen atoms in total. The molecule has 2 aromatic rings. The standard InChI is InChI=1S/C15H22N4OS/c1-4-9-16-13(12-8-6-5-7-11(12)2)10-21-15-18-17-14(20)19(15)3/h5-8,13,16H,4,9-10H2,1-3H3,(H,17,20). The van der Waals surface area contributed by atoms with Crippen molar-refractivity contribution in [1.82, 2.24) is 20.1 Å². The maximum absolute atomic E-state index is 11.4. The van der Waals surface area contributed by atoms with Gasteiger partial charge < -0.3 is 5.32 Å². The molecule has 0 aliphatic carbocycles. The molecule has 1 aromatic carbocycles. The third-order valence-corrected chi connectivity index (χ3v) is 4.55. The second-order valence-electron chi connectivity index (χ2n) is 5.04. The number of H-pyrrole nitrogens is 1. The van der Waals surface area contributed by atoms with Crippen molar-refractivity contribution in [2.45, 2.75) is 31.5 Å². The van der Waals surface area contributed by atoms with E-state index in [9.17, 15) is 4.79 Å². The minimum Gasteiger partial charge on any atom is -0.309 e. The fourth-order valence-corrected chi connectivity index (χ4v) is 3.17. The summed E-state index contributed by atoms with van der Waals surface area (Å²) in [5.41, 5.74) is 2.41. The van der Waals surface area contributed by atoms with Gasteiger partial charge in [0.2, 0.25) is 0 Å². The van der Waals surface area contributed by atoms with Gasteiger partial charge in [0.15, 0.2) is 5.16 Å². The maximum atomic E-state index is 11.4. The number of aromatic nitrogens is 3. The molecule has 1 unspecified atom stereocenters. The van der Waals surface area contributed by atoms with E-state index >= 15 is 0 Å². The van der Waals surface area contributed by atoms with E-state index in [0.717, 1.165) is 23.9 Å². The van der Waals surface area contributed by atoms with E-state index in [1.165, 1.54) is 11.1 Å². The predicted molar refractivity (Wildman–Crippen MR) is 86.8 cm³/mol. The highest BCUT2D eigenvalue weighted by molar-refractivity contribution is 7.99. The molecule has 0 aliphatic heterocycles. The van der Waals surface area contributed by atoms with E-state index in [1.807, 2.05) is 0 Å². The molecule has 2 N–H and O–H groups in total. The molecule has 1 atom stereocenters. The largest absolute Gasteiger partial charge is 0.343 e.